The van der Waals surface area contributed by atoms with Crippen LogP contribution in [0.15, 0.2) is 48.6 Å². The lowest BCUT2D eigenvalue weighted by Crippen LogP contribution is -2.45. The molecule has 322 valence electrons. The normalized spacial score (nSPS) is 14.8. The number of hydrogen-bond acceptors (Lipinski definition) is 6. The van der Waals surface area contributed by atoms with E-state index in [4.69, 9.17) is 9.05 Å². The standard InChI is InChI=1S/C46H87N2O6P/c1-6-8-10-12-14-16-18-20-22-23-24-26-27-29-31-33-35-37-39-45(49)44(43-54-55(51,52)53-42-41-48(3,4)5)47-46(50)40-38-36-34-32-30-28-25-21-19-17-15-13-11-9-7-2/h9,11,15,17,21,25,37,39,44-45,49H,6-8,10,12-14,16,18-20,22-24,26-36,38,40-43H2,1-5H3,(H-,47,50,51,52)/b11-9-,17-15-,25-21-,39-37+. The zero-order valence-electron chi connectivity index (χ0n) is 36.4. The van der Waals surface area contributed by atoms with Crippen molar-refractivity contribution in [3.8, 4) is 0 Å². The predicted molar refractivity (Wildman–Crippen MR) is 233 cm³/mol. The molecule has 0 radical (unpaired) electrons. The van der Waals surface area contributed by atoms with Crippen LogP contribution in [0, 0.1) is 0 Å². The molecule has 1 amide bonds. The largest absolute Gasteiger partial charge is 0.756 e. The van der Waals surface area contributed by atoms with Gasteiger partial charge in [-0.3, -0.25) is 9.36 Å². The van der Waals surface area contributed by atoms with Crippen molar-refractivity contribution < 1.29 is 32.9 Å². The van der Waals surface area contributed by atoms with Crippen molar-refractivity contribution in [3.05, 3.63) is 48.6 Å². The molecule has 0 aromatic carbocycles. The highest BCUT2D eigenvalue weighted by molar-refractivity contribution is 7.45. The van der Waals surface area contributed by atoms with E-state index in [9.17, 15) is 19.4 Å². The second kappa shape index (κ2) is 38.0. The number of quaternary nitrogens is 1. The summed E-state index contributed by atoms with van der Waals surface area (Å²) in [7, 11) is 1.24. The van der Waals surface area contributed by atoms with Gasteiger partial charge in [0.15, 0.2) is 0 Å². The zero-order valence-corrected chi connectivity index (χ0v) is 37.3. The zero-order chi connectivity index (χ0) is 40.7. The molecule has 0 aromatic heterocycles. The van der Waals surface area contributed by atoms with Gasteiger partial charge < -0.3 is 28.8 Å². The Kier molecular flexibility index (Phi) is 36.9. The highest BCUT2D eigenvalue weighted by atomic mass is 31.2. The lowest BCUT2D eigenvalue weighted by Gasteiger charge is -2.29. The van der Waals surface area contributed by atoms with Gasteiger partial charge in [-0.2, -0.15) is 0 Å². The summed E-state index contributed by atoms with van der Waals surface area (Å²) in [5.41, 5.74) is 0. The molecule has 0 saturated carbocycles. The number of amides is 1. The summed E-state index contributed by atoms with van der Waals surface area (Å²) >= 11 is 0. The first-order valence-electron chi connectivity index (χ1n) is 22.5. The maximum absolute atomic E-state index is 12.8. The number of likely N-dealkylation sites (N-methyl/N-ethyl adjacent to an activating group) is 1. The second-order valence-corrected chi connectivity index (χ2v) is 17.8. The first kappa shape index (κ1) is 53.5. The number of hydrogen-bond donors (Lipinski definition) is 2. The van der Waals surface area contributed by atoms with Crippen molar-refractivity contribution in [3.63, 3.8) is 0 Å². The Morgan fingerprint density at radius 2 is 1.11 bits per heavy atom. The highest BCUT2D eigenvalue weighted by Gasteiger charge is 2.23. The van der Waals surface area contributed by atoms with Gasteiger partial charge in [0.2, 0.25) is 5.91 Å². The lowest BCUT2D eigenvalue weighted by atomic mass is 10.0. The third-order valence-electron chi connectivity index (χ3n) is 9.79. The number of allylic oxidation sites excluding steroid dienone is 7. The highest BCUT2D eigenvalue weighted by Crippen LogP contribution is 2.38. The van der Waals surface area contributed by atoms with E-state index in [2.05, 4.69) is 55.6 Å². The first-order valence-corrected chi connectivity index (χ1v) is 24.0. The minimum absolute atomic E-state index is 0.00605. The average Bonchev–Trinajstić information content (AvgIpc) is 3.13. The fourth-order valence-corrected chi connectivity index (χ4v) is 6.95. The monoisotopic (exact) mass is 795 g/mol. The van der Waals surface area contributed by atoms with Gasteiger partial charge in [-0.25, -0.2) is 0 Å². The second-order valence-electron chi connectivity index (χ2n) is 16.4. The third kappa shape index (κ3) is 40.5. The van der Waals surface area contributed by atoms with Crippen LogP contribution >= 0.6 is 7.82 Å². The summed E-state index contributed by atoms with van der Waals surface area (Å²) in [4.78, 5) is 25.3. The molecule has 0 saturated heterocycles. The Morgan fingerprint density at radius 3 is 1.62 bits per heavy atom. The number of nitrogens with one attached hydrogen (secondary N) is 1. The predicted octanol–water partition coefficient (Wildman–Crippen LogP) is 11.8. The maximum atomic E-state index is 12.8. The van der Waals surface area contributed by atoms with Crippen molar-refractivity contribution >= 4 is 13.7 Å². The van der Waals surface area contributed by atoms with Crippen LogP contribution in [0.5, 0.6) is 0 Å². The number of carbonyl (C=O) groups is 1. The van der Waals surface area contributed by atoms with Gasteiger partial charge in [0, 0.05) is 6.42 Å². The average molecular weight is 795 g/mol. The van der Waals surface area contributed by atoms with Crippen LogP contribution in [0.4, 0.5) is 0 Å². The number of phosphoric acid groups is 1. The molecule has 0 bridgehead atoms. The van der Waals surface area contributed by atoms with E-state index in [0.29, 0.717) is 17.4 Å². The van der Waals surface area contributed by atoms with E-state index in [1.54, 1.807) is 6.08 Å². The van der Waals surface area contributed by atoms with Crippen molar-refractivity contribution in [2.24, 2.45) is 0 Å². The molecular weight excluding hydrogens is 707 g/mol. The van der Waals surface area contributed by atoms with Crippen molar-refractivity contribution in [1.29, 1.82) is 0 Å². The Balaban J connectivity index is 4.45. The molecule has 0 fully saturated rings. The number of phosphoric ester groups is 1. The maximum Gasteiger partial charge on any atom is 0.268 e. The third-order valence-corrected chi connectivity index (χ3v) is 10.8. The van der Waals surface area contributed by atoms with Crippen molar-refractivity contribution in [1.82, 2.24) is 5.32 Å². The lowest BCUT2D eigenvalue weighted by molar-refractivity contribution is -0.870. The summed E-state index contributed by atoms with van der Waals surface area (Å²) in [6, 6.07) is -0.895. The number of aliphatic hydroxyl groups excluding tert-OH is 1. The summed E-state index contributed by atoms with van der Waals surface area (Å²) in [5.74, 6) is -0.216. The molecule has 8 nitrogen and oxygen atoms in total. The number of aliphatic hydroxyl groups is 1. The van der Waals surface area contributed by atoms with Crippen LogP contribution in [0.3, 0.4) is 0 Å². The van der Waals surface area contributed by atoms with E-state index in [0.717, 1.165) is 77.0 Å². The molecule has 0 aromatic rings. The van der Waals surface area contributed by atoms with E-state index in [1.165, 1.54) is 89.9 Å². The van der Waals surface area contributed by atoms with Gasteiger partial charge in [0.05, 0.1) is 39.9 Å². The fraction of sp³-hybridized carbons (Fsp3) is 0.804. The molecule has 55 heavy (non-hydrogen) atoms. The molecular formula is C46H87N2O6P. The molecule has 2 N–H and O–H groups in total. The van der Waals surface area contributed by atoms with Crippen LogP contribution in [-0.2, 0) is 18.4 Å². The molecule has 0 aliphatic rings. The van der Waals surface area contributed by atoms with E-state index >= 15 is 0 Å². The van der Waals surface area contributed by atoms with Crippen molar-refractivity contribution in [2.75, 3.05) is 40.9 Å². The van der Waals surface area contributed by atoms with E-state index in [1.807, 2.05) is 27.2 Å². The molecule has 3 unspecified atom stereocenters. The van der Waals surface area contributed by atoms with Crippen LogP contribution in [0.1, 0.15) is 187 Å². The summed E-state index contributed by atoms with van der Waals surface area (Å²) in [6.45, 7) is 4.51. The Hall–Kier alpha value is -1.54. The minimum Gasteiger partial charge on any atom is -0.756 e. The van der Waals surface area contributed by atoms with E-state index < -0.39 is 20.0 Å². The number of rotatable bonds is 40. The topological polar surface area (TPSA) is 108 Å². The molecule has 0 aliphatic heterocycles. The molecule has 0 aliphatic carbocycles. The summed E-state index contributed by atoms with van der Waals surface area (Å²) in [5, 5.41) is 13.8. The molecule has 0 heterocycles. The molecule has 0 spiro atoms. The Morgan fingerprint density at radius 1 is 0.655 bits per heavy atom. The minimum atomic E-state index is -4.59. The summed E-state index contributed by atoms with van der Waals surface area (Å²) in [6.07, 6.45) is 47.2. The Labute approximate surface area is 339 Å². The van der Waals surface area contributed by atoms with Gasteiger partial charge >= 0.3 is 0 Å². The van der Waals surface area contributed by atoms with Gasteiger partial charge in [-0.05, 0) is 51.4 Å². The van der Waals surface area contributed by atoms with Crippen LogP contribution in [0.2, 0.25) is 0 Å². The molecule has 3 atom stereocenters. The fourth-order valence-electron chi connectivity index (χ4n) is 6.22. The number of unbranched alkanes of at least 4 members (excludes halogenated alkanes) is 21. The molecule has 0 rings (SSSR count). The van der Waals surface area contributed by atoms with Gasteiger partial charge in [-0.1, -0.05) is 178 Å². The van der Waals surface area contributed by atoms with Crippen LogP contribution in [-0.4, -0.2) is 68.5 Å². The molecule has 9 heteroatoms. The van der Waals surface area contributed by atoms with Gasteiger partial charge in [0.1, 0.15) is 13.2 Å². The van der Waals surface area contributed by atoms with E-state index in [-0.39, 0.29) is 19.1 Å². The van der Waals surface area contributed by atoms with Gasteiger partial charge in [0.25, 0.3) is 7.82 Å². The number of carbonyl (C=O) groups excluding carboxylic acids is 1. The van der Waals surface area contributed by atoms with Crippen molar-refractivity contribution in [2.45, 2.75) is 199 Å². The quantitative estimate of drug-likeness (QED) is 0.0277. The Bertz CT molecular complexity index is 1040. The number of nitrogens with zero attached hydrogens (tertiary/aromatic N) is 1. The van der Waals surface area contributed by atoms with Crippen LogP contribution < -0.4 is 10.2 Å². The first-order chi connectivity index (χ1) is 26.5. The van der Waals surface area contributed by atoms with Gasteiger partial charge in [-0.15, -0.1) is 0 Å². The smallest absolute Gasteiger partial charge is 0.268 e. The SMILES string of the molecule is CC/C=C\C/C=C\C/C=C\CCCCCCCC(=O)NC(COP(=O)([O-])OCC[N+](C)(C)C)C(O)/C=C/CCCCCCCCCCCCCCCCCC. The van der Waals surface area contributed by atoms with Crippen LogP contribution in [0.25, 0.3) is 0 Å². The summed E-state index contributed by atoms with van der Waals surface area (Å²) < 4.78 is 23.2.